The molecule has 0 saturated heterocycles. The average molecular weight is 484 g/mol. The Labute approximate surface area is 212 Å². The summed E-state index contributed by atoms with van der Waals surface area (Å²) in [7, 11) is 0. The Morgan fingerprint density at radius 3 is 2.14 bits per heavy atom. The molecule has 0 unspecified atom stereocenters. The molecule has 180 valence electrons. The molecule has 0 saturated carbocycles. The largest absolute Gasteiger partial charge is 0.352 e. The minimum atomic E-state index is 0.00170. The van der Waals surface area contributed by atoms with Crippen molar-refractivity contribution in [2.24, 2.45) is 0 Å². The molecule has 1 amide bonds. The van der Waals surface area contributed by atoms with Crippen LogP contribution in [0.3, 0.4) is 0 Å². The van der Waals surface area contributed by atoms with Gasteiger partial charge in [-0.15, -0.1) is 0 Å². The summed E-state index contributed by atoms with van der Waals surface area (Å²) in [4.78, 5) is 17.4. The van der Waals surface area contributed by atoms with Gasteiger partial charge in [-0.05, 0) is 43.9 Å². The van der Waals surface area contributed by atoms with E-state index < -0.39 is 0 Å². The minimum absolute atomic E-state index is 0.00170. The van der Waals surface area contributed by atoms with Gasteiger partial charge in [0.15, 0.2) is 5.16 Å². The fourth-order valence-corrected chi connectivity index (χ4v) is 5.17. The highest BCUT2D eigenvalue weighted by molar-refractivity contribution is 7.99. The summed E-state index contributed by atoms with van der Waals surface area (Å²) in [5.74, 6) is 0.961. The molecule has 0 aliphatic rings. The number of aryl methyl sites for hydroxylation is 1. The molecule has 0 aliphatic heterocycles. The van der Waals surface area contributed by atoms with Crippen molar-refractivity contribution in [2.45, 2.75) is 44.8 Å². The summed E-state index contributed by atoms with van der Waals surface area (Å²) in [6, 6.07) is 28.8. The second-order valence-electron chi connectivity index (χ2n) is 8.43. The number of amides is 1. The second kappa shape index (κ2) is 12.4. The highest BCUT2D eigenvalue weighted by Gasteiger charge is 2.19. The first-order valence-corrected chi connectivity index (χ1v) is 13.4. The third kappa shape index (κ3) is 6.23. The lowest BCUT2D eigenvalue weighted by atomic mass is 10.0. The van der Waals surface area contributed by atoms with E-state index in [-0.39, 0.29) is 5.91 Å². The zero-order valence-electron chi connectivity index (χ0n) is 20.5. The van der Waals surface area contributed by atoms with E-state index in [1.165, 1.54) is 16.8 Å². The first-order valence-electron chi connectivity index (χ1n) is 12.4. The Bertz CT molecular complexity index is 1220. The van der Waals surface area contributed by atoms with Crippen LogP contribution in [0.1, 0.15) is 42.6 Å². The summed E-state index contributed by atoms with van der Waals surface area (Å²) >= 11 is 1.79. The lowest BCUT2D eigenvalue weighted by molar-refractivity contribution is 0.0953. The van der Waals surface area contributed by atoms with Crippen molar-refractivity contribution < 1.29 is 4.79 Å². The summed E-state index contributed by atoms with van der Waals surface area (Å²) in [5, 5.41) is 4.09. The SMILES string of the molecule is CCc1ccc(C(=O)NCCCCSc2nc(-c3ccccc3)c(-c3ccccc3)n2CC)cc1. The van der Waals surface area contributed by atoms with Crippen molar-refractivity contribution in [3.05, 3.63) is 96.1 Å². The number of rotatable bonds is 11. The minimum Gasteiger partial charge on any atom is -0.352 e. The van der Waals surface area contributed by atoms with Gasteiger partial charge < -0.3 is 9.88 Å². The Balaban J connectivity index is 1.37. The fraction of sp³-hybridized carbons (Fsp3) is 0.267. The molecule has 1 heterocycles. The highest BCUT2D eigenvalue weighted by atomic mass is 32.2. The van der Waals surface area contributed by atoms with Crippen LogP contribution in [-0.4, -0.2) is 27.8 Å². The number of nitrogens with zero attached hydrogens (tertiary/aromatic N) is 2. The number of imidazole rings is 1. The van der Waals surface area contributed by atoms with Crippen LogP contribution >= 0.6 is 11.8 Å². The van der Waals surface area contributed by atoms with Crippen LogP contribution < -0.4 is 5.32 Å². The van der Waals surface area contributed by atoms with Crippen LogP contribution in [0.15, 0.2) is 90.1 Å². The Morgan fingerprint density at radius 2 is 1.51 bits per heavy atom. The molecule has 0 spiro atoms. The van der Waals surface area contributed by atoms with Gasteiger partial charge in [-0.1, -0.05) is 91.5 Å². The van der Waals surface area contributed by atoms with E-state index in [0.717, 1.165) is 53.5 Å². The van der Waals surface area contributed by atoms with Crippen LogP contribution in [-0.2, 0) is 13.0 Å². The summed E-state index contributed by atoms with van der Waals surface area (Å²) in [6.07, 6.45) is 2.93. The van der Waals surface area contributed by atoms with Gasteiger partial charge >= 0.3 is 0 Å². The highest BCUT2D eigenvalue weighted by Crippen LogP contribution is 2.36. The fourth-order valence-electron chi connectivity index (χ4n) is 4.11. The van der Waals surface area contributed by atoms with Gasteiger partial charge in [0, 0.05) is 35.5 Å². The van der Waals surface area contributed by atoms with E-state index in [1.54, 1.807) is 11.8 Å². The van der Waals surface area contributed by atoms with E-state index in [9.17, 15) is 4.79 Å². The monoisotopic (exact) mass is 483 g/mol. The molecule has 0 radical (unpaired) electrons. The van der Waals surface area contributed by atoms with Gasteiger partial charge in [-0.2, -0.15) is 0 Å². The number of hydrogen-bond donors (Lipinski definition) is 1. The maximum atomic E-state index is 12.4. The van der Waals surface area contributed by atoms with Crippen molar-refractivity contribution in [3.8, 4) is 22.5 Å². The maximum absolute atomic E-state index is 12.4. The van der Waals surface area contributed by atoms with E-state index in [4.69, 9.17) is 4.98 Å². The quantitative estimate of drug-likeness (QED) is 0.183. The Morgan fingerprint density at radius 1 is 0.857 bits per heavy atom. The van der Waals surface area contributed by atoms with E-state index in [1.807, 2.05) is 36.4 Å². The number of aromatic nitrogens is 2. The van der Waals surface area contributed by atoms with Crippen LogP contribution in [0.2, 0.25) is 0 Å². The van der Waals surface area contributed by atoms with Crippen LogP contribution in [0, 0.1) is 0 Å². The van der Waals surface area contributed by atoms with Crippen molar-refractivity contribution in [2.75, 3.05) is 12.3 Å². The standard InChI is InChI=1S/C30H33N3OS/c1-3-23-17-19-26(20-18-23)29(34)31-21-11-12-22-35-30-32-27(24-13-7-5-8-14-24)28(33(30)4-2)25-15-9-6-10-16-25/h5-10,13-20H,3-4,11-12,21-22H2,1-2H3,(H,31,34). The van der Waals surface area contributed by atoms with Gasteiger partial charge in [0.1, 0.15) is 0 Å². The van der Waals surface area contributed by atoms with Crippen molar-refractivity contribution in [1.29, 1.82) is 0 Å². The molecule has 1 N–H and O–H groups in total. The zero-order chi connectivity index (χ0) is 24.5. The first-order chi connectivity index (χ1) is 17.2. The molecule has 1 aromatic heterocycles. The third-order valence-electron chi connectivity index (χ3n) is 6.06. The lowest BCUT2D eigenvalue weighted by Gasteiger charge is -2.11. The smallest absolute Gasteiger partial charge is 0.251 e. The molecule has 0 aliphatic carbocycles. The predicted molar refractivity (Wildman–Crippen MR) is 147 cm³/mol. The number of hydrogen-bond acceptors (Lipinski definition) is 3. The zero-order valence-corrected chi connectivity index (χ0v) is 21.4. The van der Waals surface area contributed by atoms with Gasteiger partial charge in [0.25, 0.3) is 5.91 Å². The van der Waals surface area contributed by atoms with E-state index in [0.29, 0.717) is 6.54 Å². The van der Waals surface area contributed by atoms with Crippen LogP contribution in [0.25, 0.3) is 22.5 Å². The first kappa shape index (κ1) is 24.8. The molecule has 3 aromatic carbocycles. The molecule has 0 atom stereocenters. The predicted octanol–water partition coefficient (Wildman–Crippen LogP) is 7.10. The second-order valence-corrected chi connectivity index (χ2v) is 9.49. The lowest BCUT2D eigenvalue weighted by Crippen LogP contribution is -2.24. The Hall–Kier alpha value is -3.31. The van der Waals surface area contributed by atoms with Gasteiger partial charge in [0.05, 0.1) is 11.4 Å². The molecule has 35 heavy (non-hydrogen) atoms. The molecule has 4 rings (SSSR count). The van der Waals surface area contributed by atoms with E-state index in [2.05, 4.69) is 72.3 Å². The summed E-state index contributed by atoms with van der Waals surface area (Å²) < 4.78 is 2.32. The van der Waals surface area contributed by atoms with Gasteiger partial charge in [-0.3, -0.25) is 4.79 Å². The third-order valence-corrected chi connectivity index (χ3v) is 7.12. The number of carbonyl (C=O) groups is 1. The molecule has 4 nitrogen and oxygen atoms in total. The normalized spacial score (nSPS) is 10.9. The van der Waals surface area contributed by atoms with Crippen LogP contribution in [0.5, 0.6) is 0 Å². The number of nitrogens with one attached hydrogen (secondary N) is 1. The van der Waals surface area contributed by atoms with Crippen molar-refractivity contribution in [1.82, 2.24) is 14.9 Å². The molecule has 5 heteroatoms. The maximum Gasteiger partial charge on any atom is 0.251 e. The number of thioether (sulfide) groups is 1. The molecular formula is C30H33N3OS. The van der Waals surface area contributed by atoms with Crippen LogP contribution in [0.4, 0.5) is 0 Å². The molecule has 0 fully saturated rings. The number of benzene rings is 3. The van der Waals surface area contributed by atoms with E-state index >= 15 is 0 Å². The molecule has 0 bridgehead atoms. The topological polar surface area (TPSA) is 46.9 Å². The van der Waals surface area contributed by atoms with Crippen molar-refractivity contribution >= 4 is 17.7 Å². The average Bonchev–Trinajstić information content (AvgIpc) is 3.30. The van der Waals surface area contributed by atoms with Gasteiger partial charge in [-0.25, -0.2) is 4.98 Å². The van der Waals surface area contributed by atoms with Crippen molar-refractivity contribution in [3.63, 3.8) is 0 Å². The molecular weight excluding hydrogens is 450 g/mol. The molecule has 4 aromatic rings. The van der Waals surface area contributed by atoms with Gasteiger partial charge in [0.2, 0.25) is 0 Å². The number of carbonyl (C=O) groups excluding carboxylic acids is 1. The number of unbranched alkanes of at least 4 members (excludes halogenated alkanes) is 1. The Kier molecular flexibility index (Phi) is 8.79. The summed E-state index contributed by atoms with van der Waals surface area (Å²) in [5.41, 5.74) is 6.49. The summed E-state index contributed by atoms with van der Waals surface area (Å²) in [6.45, 7) is 5.83.